The summed E-state index contributed by atoms with van der Waals surface area (Å²) in [5.41, 5.74) is 4.59. The van der Waals surface area contributed by atoms with Crippen LogP contribution in [0.5, 0.6) is 5.88 Å². The van der Waals surface area contributed by atoms with Crippen molar-refractivity contribution in [3.63, 3.8) is 0 Å². The molecule has 3 heterocycles. The van der Waals surface area contributed by atoms with Gasteiger partial charge in [0.05, 0.1) is 18.7 Å². The molecule has 12 heteroatoms. The number of amides is 1. The molecule has 8 nitrogen and oxygen atoms in total. The Morgan fingerprint density at radius 1 is 1.24 bits per heavy atom. The van der Waals surface area contributed by atoms with Crippen molar-refractivity contribution in [3.8, 4) is 17.0 Å². The van der Waals surface area contributed by atoms with Crippen molar-refractivity contribution in [1.82, 2.24) is 24.9 Å². The number of rotatable bonds is 5. The lowest BCUT2D eigenvalue weighted by Crippen LogP contribution is -2.28. The van der Waals surface area contributed by atoms with Gasteiger partial charge in [0.2, 0.25) is 11.8 Å². The van der Waals surface area contributed by atoms with E-state index in [-0.39, 0.29) is 17.4 Å². The van der Waals surface area contributed by atoms with E-state index in [1.165, 1.54) is 23.9 Å². The Morgan fingerprint density at radius 3 is 2.74 bits per heavy atom. The Hall–Kier alpha value is -4.22. The molecule has 0 aliphatic carbocycles. The topological polar surface area (TPSA) is 107 Å². The van der Waals surface area contributed by atoms with Crippen LogP contribution in [0.3, 0.4) is 0 Å². The number of halogens is 4. The minimum atomic E-state index is -4.86. The highest BCUT2D eigenvalue weighted by atomic mass is 19.4. The van der Waals surface area contributed by atoms with E-state index in [1.54, 1.807) is 18.3 Å². The first-order valence-electron chi connectivity index (χ1n) is 11.1. The first-order chi connectivity index (χ1) is 17.3. The monoisotopic (exact) mass is 477 g/mol. The van der Waals surface area contributed by atoms with Crippen molar-refractivity contribution in [2.45, 2.75) is 19.1 Å². The van der Waals surface area contributed by atoms with Gasteiger partial charge < -0.3 is 15.8 Å². The molecule has 4 aromatic rings. The second-order valence-electron chi connectivity index (χ2n) is 7.11. The van der Waals surface area contributed by atoms with Crippen molar-refractivity contribution < 1.29 is 31.2 Å². The van der Waals surface area contributed by atoms with Crippen LogP contribution in [-0.4, -0.2) is 32.6 Å². The predicted octanol–water partition coefficient (Wildman–Crippen LogP) is 4.03. The van der Waals surface area contributed by atoms with E-state index in [9.17, 15) is 22.4 Å². The van der Waals surface area contributed by atoms with Crippen LogP contribution in [0.1, 0.15) is 38.5 Å². The SMILES string of the molecule is [2H]C([2H])([2H])[C@H](NC(=O)c1cc(-c2ccn3nc(N)nc3c2)cnc1OC)c1cc(C(F)(F)F)ccc1F. The third-order valence-corrected chi connectivity index (χ3v) is 4.89. The lowest BCUT2D eigenvalue weighted by atomic mass is 10.0. The Morgan fingerprint density at radius 2 is 2.03 bits per heavy atom. The second kappa shape index (κ2) is 8.61. The van der Waals surface area contributed by atoms with Crippen LogP contribution in [0.4, 0.5) is 23.5 Å². The van der Waals surface area contributed by atoms with Gasteiger partial charge in [0, 0.05) is 27.6 Å². The van der Waals surface area contributed by atoms with E-state index < -0.39 is 41.9 Å². The van der Waals surface area contributed by atoms with Gasteiger partial charge in [0.1, 0.15) is 11.4 Å². The molecule has 4 rings (SSSR count). The number of anilines is 1. The molecule has 0 spiro atoms. The zero-order valence-electron chi connectivity index (χ0n) is 20.4. The first kappa shape index (κ1) is 19.3. The molecule has 1 aromatic carbocycles. The van der Waals surface area contributed by atoms with Gasteiger partial charge in [0.25, 0.3) is 5.91 Å². The van der Waals surface area contributed by atoms with E-state index in [4.69, 9.17) is 14.6 Å². The number of carbonyl (C=O) groups excluding carboxylic acids is 1. The van der Waals surface area contributed by atoms with Crippen LogP contribution in [0.25, 0.3) is 16.8 Å². The Kier molecular flexibility index (Phi) is 4.88. The van der Waals surface area contributed by atoms with Gasteiger partial charge in [-0.15, -0.1) is 5.10 Å². The molecule has 0 saturated carbocycles. The summed E-state index contributed by atoms with van der Waals surface area (Å²) in [6.45, 7) is -3.10. The molecule has 0 bridgehead atoms. The van der Waals surface area contributed by atoms with Gasteiger partial charge in [-0.3, -0.25) is 4.79 Å². The summed E-state index contributed by atoms with van der Waals surface area (Å²) < 4.78 is 83.9. The fraction of sp³-hybridized carbons (Fsp3) is 0.182. The summed E-state index contributed by atoms with van der Waals surface area (Å²) in [5, 5.41) is 6.09. The fourth-order valence-electron chi connectivity index (χ4n) is 3.24. The van der Waals surface area contributed by atoms with Crippen molar-refractivity contribution in [2.75, 3.05) is 12.8 Å². The average molecular weight is 477 g/mol. The number of benzene rings is 1. The van der Waals surface area contributed by atoms with Crippen molar-refractivity contribution in [1.29, 1.82) is 0 Å². The van der Waals surface area contributed by atoms with Crippen molar-refractivity contribution in [3.05, 3.63) is 71.3 Å². The van der Waals surface area contributed by atoms with Crippen LogP contribution in [0.15, 0.2) is 48.8 Å². The molecular weight excluding hydrogens is 456 g/mol. The molecule has 0 saturated heterocycles. The zero-order chi connectivity index (χ0) is 27.1. The summed E-state index contributed by atoms with van der Waals surface area (Å²) >= 11 is 0. The third-order valence-electron chi connectivity index (χ3n) is 4.89. The zero-order valence-corrected chi connectivity index (χ0v) is 17.4. The summed E-state index contributed by atoms with van der Waals surface area (Å²) in [5.74, 6) is -2.43. The molecule has 0 radical (unpaired) electrons. The predicted molar refractivity (Wildman–Crippen MR) is 114 cm³/mol. The van der Waals surface area contributed by atoms with Gasteiger partial charge in [-0.25, -0.2) is 13.9 Å². The van der Waals surface area contributed by atoms with Crippen LogP contribution in [0.2, 0.25) is 0 Å². The highest BCUT2D eigenvalue weighted by Gasteiger charge is 2.32. The summed E-state index contributed by atoms with van der Waals surface area (Å²) in [4.78, 5) is 21.3. The Labute approximate surface area is 194 Å². The van der Waals surface area contributed by atoms with Gasteiger partial charge >= 0.3 is 6.18 Å². The van der Waals surface area contributed by atoms with E-state index >= 15 is 0 Å². The number of pyridine rings is 2. The normalized spacial score (nSPS) is 14.2. The number of methoxy groups -OCH3 is 1. The molecule has 176 valence electrons. The largest absolute Gasteiger partial charge is 0.480 e. The number of nitrogen functional groups attached to an aromatic ring is 1. The maximum absolute atomic E-state index is 14.5. The number of aromatic nitrogens is 4. The fourth-order valence-corrected chi connectivity index (χ4v) is 3.24. The second-order valence-corrected chi connectivity index (χ2v) is 7.11. The number of nitrogens with two attached hydrogens (primary N) is 1. The van der Waals surface area contributed by atoms with Crippen LogP contribution < -0.4 is 15.8 Å². The number of nitrogens with one attached hydrogen (secondary N) is 1. The molecule has 0 unspecified atom stereocenters. The molecule has 3 N–H and O–H groups in total. The summed E-state index contributed by atoms with van der Waals surface area (Å²) in [6.07, 6.45) is -1.91. The number of nitrogens with zero attached hydrogens (tertiary/aromatic N) is 4. The lowest BCUT2D eigenvalue weighted by molar-refractivity contribution is -0.137. The highest BCUT2D eigenvalue weighted by molar-refractivity contribution is 5.97. The number of fused-ring (bicyclic) bond motifs is 1. The molecule has 0 aliphatic rings. The summed E-state index contributed by atoms with van der Waals surface area (Å²) in [7, 11) is 1.22. The smallest absolute Gasteiger partial charge is 0.416 e. The van der Waals surface area contributed by atoms with Crippen molar-refractivity contribution in [2.24, 2.45) is 0 Å². The van der Waals surface area contributed by atoms with Gasteiger partial charge in [-0.05, 0) is 48.8 Å². The Balaban J connectivity index is 1.74. The number of hydrogen-bond acceptors (Lipinski definition) is 6. The summed E-state index contributed by atoms with van der Waals surface area (Å²) in [6, 6.07) is 3.81. The van der Waals surface area contributed by atoms with Crippen LogP contribution in [0, 0.1) is 5.82 Å². The number of hydrogen-bond donors (Lipinski definition) is 2. The molecule has 1 atom stereocenters. The van der Waals surface area contributed by atoms with Crippen LogP contribution in [-0.2, 0) is 6.18 Å². The van der Waals surface area contributed by atoms with E-state index in [0.717, 1.165) is 0 Å². The lowest BCUT2D eigenvalue weighted by Gasteiger charge is -2.18. The number of ether oxygens (including phenoxy) is 1. The number of alkyl halides is 3. The van der Waals surface area contributed by atoms with E-state index in [2.05, 4.69) is 20.4 Å². The number of carbonyl (C=O) groups is 1. The molecule has 0 fully saturated rings. The highest BCUT2D eigenvalue weighted by Crippen LogP contribution is 2.32. The average Bonchev–Trinajstić information content (AvgIpc) is 3.20. The first-order valence-corrected chi connectivity index (χ1v) is 9.61. The van der Waals surface area contributed by atoms with Gasteiger partial charge in [0.15, 0.2) is 5.65 Å². The minimum absolute atomic E-state index is 0.0441. The molecule has 3 aromatic heterocycles. The molecule has 1 amide bonds. The quantitative estimate of drug-likeness (QED) is 0.421. The standard InChI is InChI=1S/C22H18F4N6O2/c1-11(15-9-14(22(24,25)26)3-4-17(15)23)29-19(33)16-7-13(10-28-20(16)34-2)12-5-6-32-18(8-12)30-21(27)31-32/h3-11H,1-2H3,(H2,27,31)(H,29,33)/t11-/m0/s1/i1D3. The molecule has 34 heavy (non-hydrogen) atoms. The Bertz CT molecular complexity index is 1490. The molecular formula is C22H18F4N6O2. The van der Waals surface area contributed by atoms with Gasteiger partial charge in [-0.2, -0.15) is 18.2 Å². The maximum atomic E-state index is 14.5. The molecule has 0 aliphatic heterocycles. The van der Waals surface area contributed by atoms with Gasteiger partial charge in [-0.1, -0.05) is 0 Å². The minimum Gasteiger partial charge on any atom is -0.480 e. The third kappa shape index (κ3) is 4.47. The maximum Gasteiger partial charge on any atom is 0.416 e. The van der Waals surface area contributed by atoms with E-state index in [1.807, 2.05) is 0 Å². The van der Waals surface area contributed by atoms with E-state index in [0.29, 0.717) is 35.0 Å². The van der Waals surface area contributed by atoms with Crippen molar-refractivity contribution >= 4 is 17.5 Å². The van der Waals surface area contributed by atoms with Crippen LogP contribution >= 0.6 is 0 Å².